The number of carbonyl (C=O) groups excluding carboxylic acids is 1. The molecule has 1 amide bonds. The largest absolute Gasteiger partial charge is 0.410 e. The Labute approximate surface area is 166 Å². The number of primary amides is 1. The number of benzene rings is 1. The molecule has 0 bridgehead atoms. The molecule has 1 aliphatic heterocycles. The Hall–Kier alpha value is -2.69. The Morgan fingerprint density at radius 2 is 2.03 bits per heavy atom. The molecule has 0 aliphatic carbocycles. The monoisotopic (exact) mass is 427 g/mol. The smallest absolute Gasteiger partial charge is 0.407 e. The van der Waals surface area contributed by atoms with E-state index in [0.717, 1.165) is 6.07 Å². The first-order valence-electron chi connectivity index (χ1n) is 8.77. The molecular weight excluding hydrogens is 405 g/mol. The maximum atomic E-state index is 15.2. The van der Waals surface area contributed by atoms with Gasteiger partial charge in [-0.2, -0.15) is 0 Å². The van der Waals surface area contributed by atoms with Gasteiger partial charge in [-0.05, 0) is 19.3 Å². The van der Waals surface area contributed by atoms with Crippen molar-refractivity contribution in [3.63, 3.8) is 0 Å². The highest BCUT2D eigenvalue weighted by molar-refractivity contribution is 8.05. The molecule has 29 heavy (non-hydrogen) atoms. The number of oxime groups is 1. The molecule has 0 saturated carbocycles. The van der Waals surface area contributed by atoms with E-state index in [-0.39, 0.29) is 33.7 Å². The maximum Gasteiger partial charge on any atom is 0.410 e. The van der Waals surface area contributed by atoms with Gasteiger partial charge in [-0.25, -0.2) is 17.6 Å². The average molecular weight is 427 g/mol. The van der Waals surface area contributed by atoms with E-state index in [2.05, 4.69) is 10.3 Å². The van der Waals surface area contributed by atoms with E-state index in [1.54, 1.807) is 34.6 Å². The normalized spacial score (nSPS) is 16.6. The predicted octanol–water partition coefficient (Wildman–Crippen LogP) is 3.15. The molecule has 158 valence electrons. The van der Waals surface area contributed by atoms with Crippen LogP contribution in [0.5, 0.6) is 5.75 Å². The lowest BCUT2D eigenvalue weighted by molar-refractivity contribution is 0.0123. The van der Waals surface area contributed by atoms with E-state index in [4.69, 9.17) is 19.8 Å². The second-order valence-corrected chi connectivity index (χ2v) is 10.5. The summed E-state index contributed by atoms with van der Waals surface area (Å²) in [6.07, 6.45) is -1.07. The molecule has 2 heterocycles. The number of hydrogen-bond acceptors (Lipinski definition) is 8. The fourth-order valence-electron chi connectivity index (χ4n) is 3.14. The Morgan fingerprint density at radius 3 is 2.55 bits per heavy atom. The van der Waals surface area contributed by atoms with Crippen LogP contribution in [0.25, 0.3) is 11.0 Å². The molecule has 11 heteroatoms. The number of nitrogens with two attached hydrogens (primary N) is 1. The number of amides is 1. The SMILES string of the molecule is CC1(C)CC(S(=O)(=O)Cc2noc3cc(OC(N)=O)c(F)c(C(C)(C)C)c23)=NO1. The van der Waals surface area contributed by atoms with Crippen molar-refractivity contribution >= 4 is 31.9 Å². The molecule has 0 atom stereocenters. The number of hydrogen-bond donors (Lipinski definition) is 1. The van der Waals surface area contributed by atoms with Gasteiger partial charge < -0.3 is 19.8 Å². The molecule has 2 N–H and O–H groups in total. The number of halogens is 1. The third-order valence-electron chi connectivity index (χ3n) is 4.35. The zero-order valence-electron chi connectivity index (χ0n) is 16.7. The van der Waals surface area contributed by atoms with Gasteiger partial charge in [0.2, 0.25) is 9.84 Å². The number of ether oxygens (including phenoxy) is 1. The van der Waals surface area contributed by atoms with Gasteiger partial charge in [-0.1, -0.05) is 31.1 Å². The van der Waals surface area contributed by atoms with Crippen LogP contribution >= 0.6 is 0 Å². The summed E-state index contributed by atoms with van der Waals surface area (Å²) in [5.74, 6) is -1.80. The molecule has 0 fully saturated rings. The van der Waals surface area contributed by atoms with Crippen molar-refractivity contribution in [3.8, 4) is 5.75 Å². The van der Waals surface area contributed by atoms with Gasteiger partial charge in [-0.15, -0.1) is 0 Å². The van der Waals surface area contributed by atoms with Crippen molar-refractivity contribution < 1.29 is 31.7 Å². The van der Waals surface area contributed by atoms with Gasteiger partial charge in [-0.3, -0.25) is 0 Å². The van der Waals surface area contributed by atoms with Gasteiger partial charge in [0.1, 0.15) is 17.0 Å². The van der Waals surface area contributed by atoms with E-state index in [1.165, 1.54) is 0 Å². The van der Waals surface area contributed by atoms with E-state index in [0.29, 0.717) is 0 Å². The number of aromatic nitrogens is 1. The standard InChI is InChI=1S/C18H22FN3O6S/c1-17(2,3)14-13-9(8-29(24,25)12-7-18(4,5)28-22-12)21-27-10(13)6-11(15(14)19)26-16(20)23/h6H,7-8H2,1-5H3,(H2,20,23). The van der Waals surface area contributed by atoms with Gasteiger partial charge in [0.05, 0.1) is 5.39 Å². The van der Waals surface area contributed by atoms with Crippen molar-refractivity contribution in [2.45, 2.75) is 57.8 Å². The number of carbonyl (C=O) groups is 1. The number of nitrogens with zero attached hydrogens (tertiary/aromatic N) is 2. The minimum Gasteiger partial charge on any atom is -0.407 e. The summed E-state index contributed by atoms with van der Waals surface area (Å²) in [5, 5.41) is 7.61. The molecule has 0 radical (unpaired) electrons. The highest BCUT2D eigenvalue weighted by Gasteiger charge is 2.38. The third-order valence-corrected chi connectivity index (χ3v) is 5.95. The van der Waals surface area contributed by atoms with Crippen LogP contribution in [0.15, 0.2) is 15.7 Å². The van der Waals surface area contributed by atoms with Crippen LogP contribution in [-0.2, 0) is 25.8 Å². The van der Waals surface area contributed by atoms with Crippen molar-refractivity contribution in [3.05, 3.63) is 23.1 Å². The van der Waals surface area contributed by atoms with E-state index < -0.39 is 44.3 Å². The molecule has 0 saturated heterocycles. The van der Waals surface area contributed by atoms with Crippen LogP contribution in [0.3, 0.4) is 0 Å². The molecule has 3 rings (SSSR count). The minimum atomic E-state index is -3.88. The minimum absolute atomic E-state index is 0.0295. The van der Waals surface area contributed by atoms with Crippen LogP contribution in [0.1, 0.15) is 52.3 Å². The van der Waals surface area contributed by atoms with Gasteiger partial charge in [0, 0.05) is 18.1 Å². The van der Waals surface area contributed by atoms with Gasteiger partial charge in [0.25, 0.3) is 0 Å². The molecule has 0 spiro atoms. The topological polar surface area (TPSA) is 134 Å². The summed E-state index contributed by atoms with van der Waals surface area (Å²) in [4.78, 5) is 16.2. The summed E-state index contributed by atoms with van der Waals surface area (Å²) >= 11 is 0. The highest BCUT2D eigenvalue weighted by atomic mass is 32.2. The lowest BCUT2D eigenvalue weighted by Crippen LogP contribution is -2.23. The van der Waals surface area contributed by atoms with Crippen LogP contribution in [0.4, 0.5) is 9.18 Å². The van der Waals surface area contributed by atoms with Crippen molar-refractivity contribution in [2.24, 2.45) is 10.9 Å². The van der Waals surface area contributed by atoms with E-state index >= 15 is 4.39 Å². The lowest BCUT2D eigenvalue weighted by atomic mass is 9.83. The molecule has 1 aromatic heterocycles. The van der Waals surface area contributed by atoms with Crippen LogP contribution < -0.4 is 10.5 Å². The first kappa shape index (κ1) is 21.0. The summed E-state index contributed by atoms with van der Waals surface area (Å²) in [6, 6.07) is 1.12. The Bertz CT molecular complexity index is 1130. The molecule has 9 nitrogen and oxygen atoms in total. The molecular formula is C18H22FN3O6S. The summed E-state index contributed by atoms with van der Waals surface area (Å²) < 4.78 is 50.7. The Morgan fingerprint density at radius 1 is 1.38 bits per heavy atom. The van der Waals surface area contributed by atoms with Crippen molar-refractivity contribution in [2.75, 3.05) is 0 Å². The van der Waals surface area contributed by atoms with Gasteiger partial charge >= 0.3 is 6.09 Å². The zero-order valence-corrected chi connectivity index (χ0v) is 17.5. The summed E-state index contributed by atoms with van der Waals surface area (Å²) in [6.45, 7) is 8.61. The second-order valence-electron chi connectivity index (χ2n) is 8.51. The molecule has 2 aromatic rings. The number of rotatable bonds is 3. The molecule has 1 aliphatic rings. The Kier molecular flexibility index (Phi) is 4.85. The zero-order chi connectivity index (χ0) is 21.8. The van der Waals surface area contributed by atoms with Crippen molar-refractivity contribution in [1.29, 1.82) is 0 Å². The van der Waals surface area contributed by atoms with Crippen LogP contribution in [0.2, 0.25) is 0 Å². The average Bonchev–Trinajstić information content (AvgIpc) is 3.10. The highest BCUT2D eigenvalue weighted by Crippen LogP contribution is 2.39. The third kappa shape index (κ3) is 4.04. The quantitative estimate of drug-likeness (QED) is 0.795. The summed E-state index contributed by atoms with van der Waals surface area (Å²) in [7, 11) is -3.88. The summed E-state index contributed by atoms with van der Waals surface area (Å²) in [5.41, 5.74) is 3.68. The fraction of sp³-hybridized carbons (Fsp3) is 0.500. The Balaban J connectivity index is 2.13. The number of sulfone groups is 1. The molecule has 0 unspecified atom stereocenters. The van der Waals surface area contributed by atoms with Crippen LogP contribution in [0, 0.1) is 5.82 Å². The first-order chi connectivity index (χ1) is 13.2. The lowest BCUT2D eigenvalue weighted by Gasteiger charge is -2.22. The van der Waals surface area contributed by atoms with E-state index in [1.807, 2.05) is 0 Å². The first-order valence-corrected chi connectivity index (χ1v) is 10.4. The van der Waals surface area contributed by atoms with Crippen molar-refractivity contribution in [1.82, 2.24) is 5.16 Å². The molecule has 1 aromatic carbocycles. The van der Waals surface area contributed by atoms with E-state index in [9.17, 15) is 13.2 Å². The van der Waals surface area contributed by atoms with Crippen LogP contribution in [-0.4, -0.2) is 30.3 Å². The number of fused-ring (bicyclic) bond motifs is 1. The maximum absolute atomic E-state index is 15.2. The second kappa shape index (κ2) is 6.68. The predicted molar refractivity (Wildman–Crippen MR) is 103 cm³/mol. The van der Waals surface area contributed by atoms with Gasteiger partial charge in [0.15, 0.2) is 22.2 Å². The fourth-order valence-corrected chi connectivity index (χ4v) is 4.58.